The molecule has 0 unspecified atom stereocenters. The van der Waals surface area contributed by atoms with Crippen molar-refractivity contribution in [2.24, 2.45) is 0 Å². The minimum absolute atomic E-state index is 0.110. The molecule has 3 aromatic carbocycles. The summed E-state index contributed by atoms with van der Waals surface area (Å²) in [5.74, 6) is -0.873. The van der Waals surface area contributed by atoms with Gasteiger partial charge in [0.25, 0.3) is 5.91 Å². The Kier molecular flexibility index (Phi) is 7.63. The van der Waals surface area contributed by atoms with Crippen LogP contribution in [0.3, 0.4) is 0 Å². The van der Waals surface area contributed by atoms with Gasteiger partial charge in [-0.3, -0.25) is 9.59 Å². The first-order chi connectivity index (χ1) is 19.3. The molecule has 5 N–H and O–H groups in total. The highest BCUT2D eigenvalue weighted by molar-refractivity contribution is 6.07. The van der Waals surface area contributed by atoms with Crippen molar-refractivity contribution in [3.63, 3.8) is 0 Å². The molecule has 0 aromatic heterocycles. The predicted molar refractivity (Wildman–Crippen MR) is 152 cm³/mol. The number of alkyl carbamates (subject to hydrolysis) is 1. The summed E-state index contributed by atoms with van der Waals surface area (Å²) >= 11 is 0. The Bertz CT molecular complexity index is 1500. The lowest BCUT2D eigenvalue weighted by Crippen LogP contribution is -2.46. The Morgan fingerprint density at radius 3 is 2.33 bits per heavy atom. The van der Waals surface area contributed by atoms with E-state index < -0.39 is 11.6 Å². The van der Waals surface area contributed by atoms with Crippen LogP contribution in [-0.2, 0) is 16.1 Å². The lowest BCUT2D eigenvalue weighted by molar-refractivity contribution is -0.119. The zero-order chi connectivity index (χ0) is 28.1. The normalized spacial score (nSPS) is 15.2. The van der Waals surface area contributed by atoms with E-state index in [-0.39, 0.29) is 24.2 Å². The topological polar surface area (TPSA) is 123 Å². The molecular weight excluding hydrogens is 511 g/mol. The Morgan fingerprint density at radius 2 is 1.65 bits per heavy atom. The second-order valence-corrected chi connectivity index (χ2v) is 9.86. The number of allylic oxidation sites excluding steroid dienone is 4. The quantitative estimate of drug-likeness (QED) is 0.263. The van der Waals surface area contributed by atoms with Gasteiger partial charge >= 0.3 is 6.09 Å². The largest absolute Gasteiger partial charge is 0.445 e. The number of anilines is 3. The van der Waals surface area contributed by atoms with Gasteiger partial charge in [-0.05, 0) is 78.4 Å². The van der Waals surface area contributed by atoms with E-state index in [1.807, 2.05) is 36.4 Å². The Labute approximate surface area is 231 Å². The maximum atomic E-state index is 13.4. The minimum Gasteiger partial charge on any atom is -0.445 e. The molecule has 40 heavy (non-hydrogen) atoms. The number of hydrogen-bond donors (Lipinski definition) is 4. The number of halogens is 1. The van der Waals surface area contributed by atoms with Gasteiger partial charge in [-0.15, -0.1) is 0 Å². The second kappa shape index (κ2) is 11.4. The Balaban J connectivity index is 1.16. The third-order valence-electron chi connectivity index (χ3n) is 6.91. The summed E-state index contributed by atoms with van der Waals surface area (Å²) in [5.41, 5.74) is 9.46. The summed E-state index contributed by atoms with van der Waals surface area (Å²) in [5, 5.41) is 8.30. The van der Waals surface area contributed by atoms with Crippen LogP contribution in [0.1, 0.15) is 47.2 Å². The molecule has 0 atom stereocenters. The van der Waals surface area contributed by atoms with Crippen LogP contribution in [0, 0.1) is 0 Å². The van der Waals surface area contributed by atoms with Crippen molar-refractivity contribution in [2.45, 2.75) is 37.8 Å². The average Bonchev–Trinajstić information content (AvgIpc) is 3.75. The molecular formula is C31H29FN4O4. The Hall–Kier alpha value is -4.92. The molecule has 2 aliphatic rings. The van der Waals surface area contributed by atoms with Crippen LogP contribution in [0.2, 0.25) is 0 Å². The highest BCUT2D eigenvalue weighted by atomic mass is 19.1. The lowest BCUT2D eigenvalue weighted by Gasteiger charge is -2.17. The molecule has 0 aliphatic heterocycles. The van der Waals surface area contributed by atoms with Crippen LogP contribution in [0.15, 0.2) is 90.8 Å². The maximum Gasteiger partial charge on any atom is 0.408 e. The Morgan fingerprint density at radius 1 is 0.900 bits per heavy atom. The number of carbonyl (C=O) groups excluding carboxylic acids is 3. The maximum absolute atomic E-state index is 13.4. The van der Waals surface area contributed by atoms with Crippen LogP contribution < -0.4 is 21.7 Å². The SMILES string of the molecule is Nc1ccc(C2=CC=C(F)CC2)cc1NC(=O)c1ccc(NC(=O)C2(NC(=O)OCc3ccccc3)CC2)cc1. The number of ether oxygens (including phenoxy) is 1. The third-order valence-corrected chi connectivity index (χ3v) is 6.91. The van der Waals surface area contributed by atoms with E-state index in [0.717, 1.165) is 16.7 Å². The van der Waals surface area contributed by atoms with Crippen LogP contribution in [0.4, 0.5) is 26.2 Å². The molecule has 0 bridgehead atoms. The second-order valence-electron chi connectivity index (χ2n) is 9.86. The standard InChI is InChI=1S/C31H29FN4O4/c32-24-11-6-21(7-12-24)23-10-15-26(33)27(18-23)35-28(37)22-8-13-25(14-9-22)34-29(38)31(16-17-31)36-30(39)40-19-20-4-2-1-3-5-20/h1-6,8-11,13-15,18H,7,12,16-17,19,33H2,(H,34,38)(H,35,37)(H,36,39). The first-order valence-corrected chi connectivity index (χ1v) is 13.0. The number of nitrogens with two attached hydrogens (primary N) is 1. The molecule has 0 radical (unpaired) electrons. The summed E-state index contributed by atoms with van der Waals surface area (Å²) in [7, 11) is 0. The molecule has 0 spiro atoms. The fraction of sp³-hybridized carbons (Fsp3) is 0.194. The van der Waals surface area contributed by atoms with Gasteiger partial charge in [0.1, 0.15) is 18.0 Å². The molecule has 1 saturated carbocycles. The number of hydrogen-bond acceptors (Lipinski definition) is 5. The van der Waals surface area contributed by atoms with Crippen LogP contribution in [0.25, 0.3) is 5.57 Å². The molecule has 9 heteroatoms. The van der Waals surface area contributed by atoms with Crippen molar-refractivity contribution in [1.82, 2.24) is 5.32 Å². The van der Waals surface area contributed by atoms with E-state index in [2.05, 4.69) is 16.0 Å². The summed E-state index contributed by atoms with van der Waals surface area (Å²) in [6, 6.07) is 21.0. The summed E-state index contributed by atoms with van der Waals surface area (Å²) in [6.07, 6.45) is 4.44. The van der Waals surface area contributed by atoms with E-state index in [1.165, 1.54) is 6.08 Å². The highest BCUT2D eigenvalue weighted by Crippen LogP contribution is 2.37. The molecule has 0 heterocycles. The number of nitrogen functional groups attached to an aromatic ring is 1. The van der Waals surface area contributed by atoms with Crippen molar-refractivity contribution in [3.8, 4) is 0 Å². The molecule has 3 aromatic rings. The van der Waals surface area contributed by atoms with E-state index in [1.54, 1.807) is 42.5 Å². The summed E-state index contributed by atoms with van der Waals surface area (Å²) in [6.45, 7) is 0.110. The first kappa shape index (κ1) is 26.7. The van der Waals surface area contributed by atoms with Crippen molar-refractivity contribution >= 4 is 40.5 Å². The van der Waals surface area contributed by atoms with Crippen molar-refractivity contribution in [3.05, 3.63) is 107 Å². The lowest BCUT2D eigenvalue weighted by atomic mass is 9.96. The molecule has 8 nitrogen and oxygen atoms in total. The first-order valence-electron chi connectivity index (χ1n) is 13.0. The van der Waals surface area contributed by atoms with Gasteiger partial charge in [0.05, 0.1) is 11.4 Å². The molecule has 3 amide bonds. The molecule has 204 valence electrons. The number of amides is 3. The van der Waals surface area contributed by atoms with Crippen molar-refractivity contribution in [1.29, 1.82) is 0 Å². The average molecular weight is 541 g/mol. The van der Waals surface area contributed by atoms with Crippen molar-refractivity contribution < 1.29 is 23.5 Å². The number of rotatable bonds is 8. The zero-order valence-electron chi connectivity index (χ0n) is 21.7. The van der Waals surface area contributed by atoms with E-state index in [0.29, 0.717) is 48.3 Å². The highest BCUT2D eigenvalue weighted by Gasteiger charge is 2.51. The third kappa shape index (κ3) is 6.37. The van der Waals surface area contributed by atoms with E-state index in [4.69, 9.17) is 10.5 Å². The van der Waals surface area contributed by atoms with E-state index >= 15 is 0 Å². The van der Waals surface area contributed by atoms with Gasteiger partial charge in [0.2, 0.25) is 5.91 Å². The van der Waals surface area contributed by atoms with E-state index in [9.17, 15) is 18.8 Å². The van der Waals surface area contributed by atoms with Gasteiger partial charge in [0, 0.05) is 17.7 Å². The molecule has 2 aliphatic carbocycles. The minimum atomic E-state index is -1.01. The number of benzene rings is 3. The van der Waals surface area contributed by atoms with Gasteiger partial charge in [-0.25, -0.2) is 9.18 Å². The molecule has 0 saturated heterocycles. The van der Waals surface area contributed by atoms with Gasteiger partial charge in [0.15, 0.2) is 0 Å². The van der Waals surface area contributed by atoms with Gasteiger partial charge in [-0.1, -0.05) is 42.5 Å². The number of nitrogens with one attached hydrogen (secondary N) is 3. The van der Waals surface area contributed by atoms with Crippen LogP contribution >= 0.6 is 0 Å². The smallest absolute Gasteiger partial charge is 0.408 e. The van der Waals surface area contributed by atoms with Crippen molar-refractivity contribution in [2.75, 3.05) is 16.4 Å². The van der Waals surface area contributed by atoms with Crippen LogP contribution in [-0.4, -0.2) is 23.4 Å². The molecule has 1 fully saturated rings. The fourth-order valence-electron chi connectivity index (χ4n) is 4.36. The zero-order valence-corrected chi connectivity index (χ0v) is 21.7. The van der Waals surface area contributed by atoms with Crippen LogP contribution in [0.5, 0.6) is 0 Å². The fourth-order valence-corrected chi connectivity index (χ4v) is 4.36. The molecule has 5 rings (SSSR count). The van der Waals surface area contributed by atoms with Gasteiger partial charge in [-0.2, -0.15) is 0 Å². The summed E-state index contributed by atoms with van der Waals surface area (Å²) < 4.78 is 18.6. The number of carbonyl (C=O) groups is 3. The monoisotopic (exact) mass is 540 g/mol. The van der Waals surface area contributed by atoms with Gasteiger partial charge < -0.3 is 26.4 Å². The predicted octanol–water partition coefficient (Wildman–Crippen LogP) is 5.95. The summed E-state index contributed by atoms with van der Waals surface area (Å²) in [4.78, 5) is 38.0.